The van der Waals surface area contributed by atoms with Crippen molar-refractivity contribution < 1.29 is 9.53 Å². The Morgan fingerprint density at radius 2 is 1.68 bits per heavy atom. The third-order valence-electron chi connectivity index (χ3n) is 4.37. The number of carbonyl (C=O) groups is 1. The second-order valence-electron chi connectivity index (χ2n) is 5.79. The lowest BCUT2D eigenvalue weighted by atomic mass is 9.89. The summed E-state index contributed by atoms with van der Waals surface area (Å²) in [6.07, 6.45) is 0.703. The molecule has 114 valence electrons. The lowest BCUT2D eigenvalue weighted by Crippen LogP contribution is -2.54. The Hall–Kier alpha value is -2.13. The zero-order valence-electron chi connectivity index (χ0n) is 12.8. The van der Waals surface area contributed by atoms with E-state index >= 15 is 0 Å². The van der Waals surface area contributed by atoms with Gasteiger partial charge in [-0.15, -0.1) is 0 Å². The summed E-state index contributed by atoms with van der Waals surface area (Å²) in [5, 5.41) is 0. The highest BCUT2D eigenvalue weighted by atomic mass is 16.5. The average Bonchev–Trinajstić information content (AvgIpc) is 2.54. The van der Waals surface area contributed by atoms with Crippen LogP contribution in [-0.2, 0) is 16.0 Å². The van der Waals surface area contributed by atoms with E-state index in [2.05, 4.69) is 41.3 Å². The van der Waals surface area contributed by atoms with Gasteiger partial charge in [0.15, 0.2) is 0 Å². The van der Waals surface area contributed by atoms with Gasteiger partial charge < -0.3 is 4.74 Å². The summed E-state index contributed by atoms with van der Waals surface area (Å²) in [6, 6.07) is 20.4. The largest absolute Gasteiger partial charge is 0.468 e. The molecule has 0 amide bonds. The molecule has 1 saturated heterocycles. The van der Waals surface area contributed by atoms with Crippen LogP contribution < -0.4 is 0 Å². The molecule has 22 heavy (non-hydrogen) atoms. The molecule has 3 nitrogen and oxygen atoms in total. The first-order chi connectivity index (χ1) is 10.8. The molecule has 0 radical (unpaired) electrons. The molecule has 0 bridgehead atoms. The fraction of sp³-hybridized carbons (Fsp3) is 0.316. The Kier molecular flexibility index (Phi) is 4.54. The van der Waals surface area contributed by atoms with Gasteiger partial charge in [0.25, 0.3) is 0 Å². The van der Waals surface area contributed by atoms with Crippen LogP contribution >= 0.6 is 0 Å². The molecule has 1 aliphatic rings. The van der Waals surface area contributed by atoms with E-state index in [-0.39, 0.29) is 12.0 Å². The molecule has 2 aromatic carbocycles. The van der Waals surface area contributed by atoms with Crippen LogP contribution in [0.15, 0.2) is 60.7 Å². The van der Waals surface area contributed by atoms with Gasteiger partial charge in [0.2, 0.25) is 0 Å². The molecule has 3 rings (SSSR count). The van der Waals surface area contributed by atoms with Crippen LogP contribution in [0.1, 0.15) is 17.0 Å². The van der Waals surface area contributed by atoms with Crippen LogP contribution in [0.5, 0.6) is 0 Å². The van der Waals surface area contributed by atoms with Crippen molar-refractivity contribution in [3.63, 3.8) is 0 Å². The third-order valence-corrected chi connectivity index (χ3v) is 4.37. The predicted octanol–water partition coefficient (Wildman–Crippen LogP) is 2.87. The summed E-state index contributed by atoms with van der Waals surface area (Å²) in [7, 11) is 1.47. The van der Waals surface area contributed by atoms with E-state index in [1.165, 1.54) is 18.2 Å². The number of esters is 1. The molecule has 0 aromatic heterocycles. The van der Waals surface area contributed by atoms with Crippen molar-refractivity contribution in [3.05, 3.63) is 71.8 Å². The smallest absolute Gasteiger partial charge is 0.323 e. The van der Waals surface area contributed by atoms with Gasteiger partial charge in [-0.2, -0.15) is 0 Å². The van der Waals surface area contributed by atoms with Crippen molar-refractivity contribution in [1.29, 1.82) is 0 Å². The van der Waals surface area contributed by atoms with Crippen LogP contribution in [0, 0.1) is 0 Å². The van der Waals surface area contributed by atoms with E-state index in [4.69, 9.17) is 4.74 Å². The van der Waals surface area contributed by atoms with E-state index in [9.17, 15) is 4.79 Å². The predicted molar refractivity (Wildman–Crippen MR) is 86.7 cm³/mol. The summed E-state index contributed by atoms with van der Waals surface area (Å²) in [4.78, 5) is 14.3. The van der Waals surface area contributed by atoms with Crippen LogP contribution in [-0.4, -0.2) is 37.1 Å². The van der Waals surface area contributed by atoms with Crippen molar-refractivity contribution >= 4 is 5.97 Å². The highest BCUT2D eigenvalue weighted by Gasteiger charge is 2.37. The number of benzene rings is 2. The van der Waals surface area contributed by atoms with E-state index in [0.29, 0.717) is 12.3 Å². The Bertz CT molecular complexity index is 606. The van der Waals surface area contributed by atoms with Gasteiger partial charge in [-0.25, -0.2) is 0 Å². The molecule has 1 aliphatic heterocycles. The number of methoxy groups -OCH3 is 1. The fourth-order valence-corrected chi connectivity index (χ4v) is 3.04. The van der Waals surface area contributed by atoms with Crippen LogP contribution in [0.4, 0.5) is 0 Å². The lowest BCUT2D eigenvalue weighted by Gasteiger charge is -2.43. The van der Waals surface area contributed by atoms with E-state index in [1.807, 2.05) is 24.3 Å². The summed E-state index contributed by atoms with van der Waals surface area (Å²) in [5.41, 5.74) is 2.52. The van der Waals surface area contributed by atoms with Crippen molar-refractivity contribution in [1.82, 2.24) is 4.90 Å². The number of nitrogens with zero attached hydrogens (tertiary/aromatic N) is 1. The molecule has 0 aliphatic carbocycles. The zero-order chi connectivity index (χ0) is 15.4. The van der Waals surface area contributed by atoms with Crippen molar-refractivity contribution in [3.8, 4) is 0 Å². The summed E-state index contributed by atoms with van der Waals surface area (Å²) in [5.74, 6) is 0.375. The van der Waals surface area contributed by atoms with Crippen LogP contribution in [0.25, 0.3) is 0 Å². The molecule has 0 N–H and O–H groups in total. The standard InChI is InChI=1S/C19H21NO2/c1-22-19(21)18(12-15-8-4-2-5-9-15)20-13-17(14-20)16-10-6-3-7-11-16/h2-11,17-18H,12-14H2,1H3/t18-/m0/s1. The van der Waals surface area contributed by atoms with Crippen LogP contribution in [0.3, 0.4) is 0 Å². The van der Waals surface area contributed by atoms with Gasteiger partial charge in [-0.3, -0.25) is 9.69 Å². The van der Waals surface area contributed by atoms with E-state index < -0.39 is 0 Å². The molecule has 1 heterocycles. The first-order valence-corrected chi connectivity index (χ1v) is 7.68. The summed E-state index contributed by atoms with van der Waals surface area (Å²) < 4.78 is 5.00. The maximum atomic E-state index is 12.1. The normalized spacial score (nSPS) is 16.8. The Labute approximate surface area is 131 Å². The van der Waals surface area contributed by atoms with Gasteiger partial charge in [0.05, 0.1) is 7.11 Å². The first-order valence-electron chi connectivity index (χ1n) is 7.68. The summed E-state index contributed by atoms with van der Waals surface area (Å²) >= 11 is 0. The second kappa shape index (κ2) is 6.75. The van der Waals surface area contributed by atoms with Crippen molar-refractivity contribution in [2.24, 2.45) is 0 Å². The average molecular weight is 295 g/mol. The zero-order valence-corrected chi connectivity index (χ0v) is 12.8. The molecule has 0 spiro atoms. The van der Waals surface area contributed by atoms with Gasteiger partial charge >= 0.3 is 5.97 Å². The third kappa shape index (κ3) is 3.20. The Balaban J connectivity index is 1.66. The van der Waals surface area contributed by atoms with E-state index in [1.54, 1.807) is 0 Å². The minimum Gasteiger partial charge on any atom is -0.468 e. The fourth-order valence-electron chi connectivity index (χ4n) is 3.04. The van der Waals surface area contributed by atoms with E-state index in [0.717, 1.165) is 13.1 Å². The Morgan fingerprint density at radius 1 is 1.09 bits per heavy atom. The maximum Gasteiger partial charge on any atom is 0.323 e. The van der Waals surface area contributed by atoms with Gasteiger partial charge in [-0.1, -0.05) is 60.7 Å². The highest BCUT2D eigenvalue weighted by molar-refractivity contribution is 5.76. The quantitative estimate of drug-likeness (QED) is 0.794. The number of ether oxygens (including phenoxy) is 1. The second-order valence-corrected chi connectivity index (χ2v) is 5.79. The molecular formula is C19H21NO2. The topological polar surface area (TPSA) is 29.5 Å². The molecule has 2 aromatic rings. The van der Waals surface area contributed by atoms with Gasteiger partial charge in [-0.05, 0) is 17.5 Å². The van der Waals surface area contributed by atoms with Gasteiger partial charge in [0.1, 0.15) is 6.04 Å². The molecule has 3 heteroatoms. The van der Waals surface area contributed by atoms with Crippen LogP contribution in [0.2, 0.25) is 0 Å². The number of hydrogen-bond acceptors (Lipinski definition) is 3. The number of hydrogen-bond donors (Lipinski definition) is 0. The monoisotopic (exact) mass is 295 g/mol. The van der Waals surface area contributed by atoms with Gasteiger partial charge in [0, 0.05) is 19.0 Å². The molecule has 1 atom stereocenters. The maximum absolute atomic E-state index is 12.1. The molecular weight excluding hydrogens is 274 g/mol. The minimum absolute atomic E-state index is 0.143. The van der Waals surface area contributed by atoms with Crippen molar-refractivity contribution in [2.45, 2.75) is 18.4 Å². The molecule has 0 saturated carbocycles. The molecule has 1 fully saturated rings. The summed E-state index contributed by atoms with van der Waals surface area (Å²) in [6.45, 7) is 1.83. The first kappa shape index (κ1) is 14.8. The Morgan fingerprint density at radius 3 is 2.27 bits per heavy atom. The number of carbonyl (C=O) groups excluding carboxylic acids is 1. The number of likely N-dealkylation sites (tertiary alicyclic amines) is 1. The minimum atomic E-state index is -0.188. The molecule has 0 unspecified atom stereocenters. The number of rotatable bonds is 5. The van der Waals surface area contributed by atoms with Crippen molar-refractivity contribution in [2.75, 3.05) is 20.2 Å². The lowest BCUT2D eigenvalue weighted by molar-refractivity contribution is -0.149. The SMILES string of the molecule is COC(=O)[C@H](Cc1ccccc1)N1CC(c2ccccc2)C1. The highest BCUT2D eigenvalue weighted by Crippen LogP contribution is 2.29.